The maximum Gasteiger partial charge on any atom is 0.416 e. The van der Waals surface area contributed by atoms with Gasteiger partial charge in [0.15, 0.2) is 5.76 Å². The summed E-state index contributed by atoms with van der Waals surface area (Å²) in [4.78, 5) is 36.1. The summed E-state index contributed by atoms with van der Waals surface area (Å²) < 4.78 is 43.3. The molecule has 3 amide bonds. The molecule has 7 nitrogen and oxygen atoms in total. The maximum absolute atomic E-state index is 12.8. The molecule has 0 aliphatic rings. The first kappa shape index (κ1) is 22.6. The van der Waals surface area contributed by atoms with Crippen LogP contribution in [0.5, 0.6) is 0 Å². The van der Waals surface area contributed by atoms with Crippen molar-refractivity contribution in [1.82, 2.24) is 10.6 Å². The van der Waals surface area contributed by atoms with Crippen molar-refractivity contribution in [2.24, 2.45) is 0 Å². The van der Waals surface area contributed by atoms with Crippen LogP contribution in [0.15, 0.2) is 71.3 Å². The van der Waals surface area contributed by atoms with Gasteiger partial charge in [-0.3, -0.25) is 14.4 Å². The van der Waals surface area contributed by atoms with E-state index in [0.717, 1.165) is 18.2 Å². The van der Waals surface area contributed by atoms with Gasteiger partial charge in [0.1, 0.15) is 0 Å². The fourth-order valence-electron chi connectivity index (χ4n) is 2.69. The van der Waals surface area contributed by atoms with E-state index < -0.39 is 29.5 Å². The second-order valence-electron chi connectivity index (χ2n) is 6.60. The van der Waals surface area contributed by atoms with Crippen LogP contribution in [-0.4, -0.2) is 30.8 Å². The highest BCUT2D eigenvalue weighted by Gasteiger charge is 2.30. The topological polar surface area (TPSA) is 100 Å². The third-order valence-corrected chi connectivity index (χ3v) is 4.30. The average Bonchev–Trinajstić information content (AvgIpc) is 3.31. The summed E-state index contributed by atoms with van der Waals surface area (Å²) in [5.74, 6) is -1.34. The predicted octanol–water partition coefficient (Wildman–Crippen LogP) is 3.71. The molecular formula is C22H18F3N3O4. The Morgan fingerprint density at radius 1 is 0.781 bits per heavy atom. The van der Waals surface area contributed by atoms with E-state index in [-0.39, 0.29) is 24.4 Å². The summed E-state index contributed by atoms with van der Waals surface area (Å²) >= 11 is 0. The van der Waals surface area contributed by atoms with Crippen molar-refractivity contribution >= 4 is 23.4 Å². The van der Waals surface area contributed by atoms with E-state index >= 15 is 0 Å². The second-order valence-corrected chi connectivity index (χ2v) is 6.60. The van der Waals surface area contributed by atoms with Gasteiger partial charge in [0.2, 0.25) is 0 Å². The number of alkyl halides is 3. The molecule has 0 spiro atoms. The molecule has 166 valence electrons. The maximum atomic E-state index is 12.8. The van der Waals surface area contributed by atoms with Crippen molar-refractivity contribution in [3.63, 3.8) is 0 Å². The Hall–Kier alpha value is -4.08. The summed E-state index contributed by atoms with van der Waals surface area (Å²) in [6, 6.07) is 13.0. The fourth-order valence-corrected chi connectivity index (χ4v) is 2.69. The van der Waals surface area contributed by atoms with E-state index in [0.29, 0.717) is 11.3 Å². The van der Waals surface area contributed by atoms with E-state index in [9.17, 15) is 27.6 Å². The molecular weight excluding hydrogens is 427 g/mol. The molecule has 1 aromatic heterocycles. The number of anilines is 1. The Labute approximate surface area is 180 Å². The van der Waals surface area contributed by atoms with Crippen LogP contribution in [0, 0.1) is 0 Å². The lowest BCUT2D eigenvalue weighted by Crippen LogP contribution is -2.34. The van der Waals surface area contributed by atoms with Gasteiger partial charge in [0, 0.05) is 29.9 Å². The number of hydrogen-bond donors (Lipinski definition) is 3. The van der Waals surface area contributed by atoms with Crippen LogP contribution in [0.3, 0.4) is 0 Å². The molecule has 2 aromatic carbocycles. The summed E-state index contributed by atoms with van der Waals surface area (Å²) in [6.45, 7) is 0.371. The third kappa shape index (κ3) is 5.97. The zero-order valence-electron chi connectivity index (χ0n) is 16.5. The van der Waals surface area contributed by atoms with Crippen LogP contribution in [0.1, 0.15) is 36.8 Å². The highest BCUT2D eigenvalue weighted by atomic mass is 19.4. The number of nitrogens with one attached hydrogen (secondary N) is 3. The Kier molecular flexibility index (Phi) is 6.93. The molecule has 0 unspecified atom stereocenters. The molecule has 0 radical (unpaired) electrons. The molecule has 10 heteroatoms. The van der Waals surface area contributed by atoms with Crippen molar-refractivity contribution in [3.05, 3.63) is 89.4 Å². The summed E-state index contributed by atoms with van der Waals surface area (Å²) in [5, 5.41) is 7.70. The number of benzene rings is 2. The number of hydrogen-bond acceptors (Lipinski definition) is 4. The molecule has 3 N–H and O–H groups in total. The van der Waals surface area contributed by atoms with Crippen molar-refractivity contribution < 1.29 is 32.0 Å². The zero-order chi connectivity index (χ0) is 23.1. The van der Waals surface area contributed by atoms with Gasteiger partial charge in [-0.25, -0.2) is 0 Å². The van der Waals surface area contributed by atoms with Crippen molar-refractivity contribution in [3.8, 4) is 0 Å². The first-order chi connectivity index (χ1) is 15.2. The monoisotopic (exact) mass is 445 g/mol. The average molecular weight is 445 g/mol. The van der Waals surface area contributed by atoms with Gasteiger partial charge in [0.05, 0.1) is 11.8 Å². The lowest BCUT2D eigenvalue weighted by Gasteiger charge is -2.10. The zero-order valence-corrected chi connectivity index (χ0v) is 16.5. The highest BCUT2D eigenvalue weighted by Crippen LogP contribution is 2.29. The molecule has 0 saturated heterocycles. The van der Waals surface area contributed by atoms with Crippen LogP contribution >= 0.6 is 0 Å². The van der Waals surface area contributed by atoms with Gasteiger partial charge in [0.25, 0.3) is 17.7 Å². The molecule has 3 rings (SSSR count). The molecule has 32 heavy (non-hydrogen) atoms. The first-order valence-electron chi connectivity index (χ1n) is 9.42. The summed E-state index contributed by atoms with van der Waals surface area (Å²) in [7, 11) is 0. The van der Waals surface area contributed by atoms with Gasteiger partial charge in [-0.1, -0.05) is 6.07 Å². The molecule has 0 bridgehead atoms. The minimum absolute atomic E-state index is 0.141. The molecule has 3 aromatic rings. The summed E-state index contributed by atoms with van der Waals surface area (Å²) in [6.07, 6.45) is -3.17. The number of carbonyl (C=O) groups excluding carboxylic acids is 3. The lowest BCUT2D eigenvalue weighted by molar-refractivity contribution is -0.137. The molecule has 0 fully saturated rings. The number of furan rings is 1. The van der Waals surface area contributed by atoms with Gasteiger partial charge < -0.3 is 20.4 Å². The SMILES string of the molecule is O=C(NCCNC(=O)c1ccco1)c1ccc(NC(=O)c2cccc(C(F)(F)F)c2)cc1. The van der Waals surface area contributed by atoms with Crippen LogP contribution in [-0.2, 0) is 6.18 Å². The largest absolute Gasteiger partial charge is 0.459 e. The van der Waals surface area contributed by atoms with Gasteiger partial charge >= 0.3 is 6.18 Å². The Morgan fingerprint density at radius 2 is 1.47 bits per heavy atom. The van der Waals surface area contributed by atoms with E-state index in [1.165, 1.54) is 42.7 Å². The molecule has 1 heterocycles. The molecule has 0 atom stereocenters. The van der Waals surface area contributed by atoms with Crippen molar-refractivity contribution in [2.75, 3.05) is 18.4 Å². The second kappa shape index (κ2) is 9.82. The number of halogens is 3. The molecule has 0 aliphatic heterocycles. The molecule has 0 saturated carbocycles. The van der Waals surface area contributed by atoms with E-state index in [4.69, 9.17) is 4.42 Å². The minimum Gasteiger partial charge on any atom is -0.459 e. The highest BCUT2D eigenvalue weighted by molar-refractivity contribution is 6.04. The minimum atomic E-state index is -4.55. The van der Waals surface area contributed by atoms with E-state index in [1.54, 1.807) is 6.07 Å². The van der Waals surface area contributed by atoms with Crippen molar-refractivity contribution in [2.45, 2.75) is 6.18 Å². The van der Waals surface area contributed by atoms with E-state index in [2.05, 4.69) is 16.0 Å². The van der Waals surface area contributed by atoms with Crippen LogP contribution in [0.2, 0.25) is 0 Å². The fraction of sp³-hybridized carbons (Fsp3) is 0.136. The Balaban J connectivity index is 1.49. The van der Waals surface area contributed by atoms with E-state index in [1.807, 2.05) is 0 Å². The standard InChI is InChI=1S/C22H18F3N3O4/c23-22(24,25)16-4-1-3-15(13-16)20(30)28-17-8-6-14(7-9-17)19(29)26-10-11-27-21(31)18-5-2-12-32-18/h1-9,12-13H,10-11H2,(H,26,29)(H,27,31)(H,28,30). The van der Waals surface area contributed by atoms with Gasteiger partial charge in [-0.2, -0.15) is 13.2 Å². The smallest absolute Gasteiger partial charge is 0.416 e. The van der Waals surface area contributed by atoms with Gasteiger partial charge in [-0.05, 0) is 54.6 Å². The first-order valence-corrected chi connectivity index (χ1v) is 9.42. The Bertz CT molecular complexity index is 1090. The van der Waals surface area contributed by atoms with Crippen molar-refractivity contribution in [1.29, 1.82) is 0 Å². The normalized spacial score (nSPS) is 11.0. The predicted molar refractivity (Wildman–Crippen MR) is 109 cm³/mol. The Morgan fingerprint density at radius 3 is 2.09 bits per heavy atom. The molecule has 0 aliphatic carbocycles. The van der Waals surface area contributed by atoms with Crippen LogP contribution in [0.4, 0.5) is 18.9 Å². The quantitative estimate of drug-likeness (QED) is 0.483. The number of amides is 3. The summed E-state index contributed by atoms with van der Waals surface area (Å²) in [5.41, 5.74) is -0.440. The number of rotatable bonds is 7. The number of carbonyl (C=O) groups is 3. The van der Waals surface area contributed by atoms with Gasteiger partial charge in [-0.15, -0.1) is 0 Å². The third-order valence-electron chi connectivity index (χ3n) is 4.30. The lowest BCUT2D eigenvalue weighted by atomic mass is 10.1. The van der Waals surface area contributed by atoms with Crippen LogP contribution in [0.25, 0.3) is 0 Å². The van der Waals surface area contributed by atoms with Crippen LogP contribution < -0.4 is 16.0 Å².